The molecular formula is C29H53BN2O7Si2. The Bertz CT molecular complexity index is 1100. The highest BCUT2D eigenvalue weighted by atomic mass is 28.4. The first-order valence-corrected chi connectivity index (χ1v) is 20.2. The van der Waals surface area contributed by atoms with Gasteiger partial charge in [-0.25, -0.2) is 9.78 Å². The van der Waals surface area contributed by atoms with Crippen LogP contribution in [0.3, 0.4) is 0 Å². The third-order valence-corrected chi connectivity index (χ3v) is 18.3. The molecule has 1 aliphatic heterocycles. The second-order valence-electron chi connectivity index (χ2n) is 15.0. The van der Waals surface area contributed by atoms with E-state index in [1.54, 1.807) is 12.1 Å². The third kappa shape index (κ3) is 8.29. The molecule has 1 amide bonds. The molecule has 0 spiro atoms. The van der Waals surface area contributed by atoms with Gasteiger partial charge in [-0.05, 0) is 70.0 Å². The van der Waals surface area contributed by atoms with Crippen LogP contribution in [0.25, 0.3) is 0 Å². The fourth-order valence-corrected chi connectivity index (χ4v) is 5.93. The van der Waals surface area contributed by atoms with E-state index < -0.39 is 46.8 Å². The van der Waals surface area contributed by atoms with Crippen molar-refractivity contribution in [2.75, 3.05) is 20.3 Å². The number of pyridine rings is 1. The van der Waals surface area contributed by atoms with Gasteiger partial charge in [0.05, 0.1) is 31.0 Å². The van der Waals surface area contributed by atoms with Crippen molar-refractivity contribution < 1.29 is 32.5 Å². The van der Waals surface area contributed by atoms with Gasteiger partial charge in [0.15, 0.2) is 16.6 Å². The van der Waals surface area contributed by atoms with Crippen molar-refractivity contribution in [2.45, 2.75) is 123 Å². The van der Waals surface area contributed by atoms with E-state index >= 15 is 0 Å². The van der Waals surface area contributed by atoms with Crippen LogP contribution >= 0.6 is 0 Å². The maximum Gasteiger partial charge on any atom is 0.497 e. The number of hydrogen-bond acceptors (Lipinski definition) is 8. The van der Waals surface area contributed by atoms with Crippen LogP contribution in [0, 0.1) is 0 Å². The van der Waals surface area contributed by atoms with Crippen molar-refractivity contribution in [3.8, 4) is 0 Å². The number of amides is 1. The minimum absolute atomic E-state index is 0.00739. The zero-order chi connectivity index (χ0) is 31.8. The van der Waals surface area contributed by atoms with Gasteiger partial charge in [0.2, 0.25) is 0 Å². The van der Waals surface area contributed by atoms with Crippen molar-refractivity contribution in [1.82, 2.24) is 10.3 Å². The highest BCUT2D eigenvalue weighted by Gasteiger charge is 2.53. The Labute approximate surface area is 250 Å². The number of esters is 1. The highest BCUT2D eigenvalue weighted by Crippen LogP contribution is 2.39. The lowest BCUT2D eigenvalue weighted by atomic mass is 9.77. The van der Waals surface area contributed by atoms with Crippen LogP contribution in [-0.4, -0.2) is 78.2 Å². The van der Waals surface area contributed by atoms with Crippen LogP contribution in [0.4, 0.5) is 0 Å². The van der Waals surface area contributed by atoms with Crippen LogP contribution in [0.5, 0.6) is 0 Å². The molecule has 2 rings (SSSR count). The van der Waals surface area contributed by atoms with Crippen molar-refractivity contribution >= 4 is 41.1 Å². The fourth-order valence-electron chi connectivity index (χ4n) is 3.56. The van der Waals surface area contributed by atoms with Crippen LogP contribution in [0.2, 0.25) is 36.3 Å². The molecule has 1 aromatic heterocycles. The number of carbonyl (C=O) groups excluding carboxylic acids is 2. The SMILES string of the molecule is COC(=O)c1nc(C(=O)NC[C@@H](CO[Si](C)(C)C(C)(C)C)O[Si](C)(C)C(C)(C)C)ccc1B1OC(C)(C)C(C)(C)O1. The zero-order valence-electron chi connectivity index (χ0n) is 28.0. The molecule has 1 aliphatic rings. The zero-order valence-corrected chi connectivity index (χ0v) is 30.0. The quantitative estimate of drug-likeness (QED) is 0.282. The third-order valence-electron chi connectivity index (χ3n) is 9.24. The molecule has 0 aromatic carbocycles. The molecule has 41 heavy (non-hydrogen) atoms. The van der Waals surface area contributed by atoms with E-state index in [1.807, 2.05) is 27.7 Å². The van der Waals surface area contributed by atoms with Gasteiger partial charge in [-0.15, -0.1) is 0 Å². The Kier molecular flexibility index (Phi) is 10.6. The molecule has 1 N–H and O–H groups in total. The number of methoxy groups -OCH3 is 1. The molecule has 232 valence electrons. The number of aromatic nitrogens is 1. The molecule has 1 saturated heterocycles. The van der Waals surface area contributed by atoms with Crippen molar-refractivity contribution in [3.63, 3.8) is 0 Å². The predicted molar refractivity (Wildman–Crippen MR) is 169 cm³/mol. The minimum atomic E-state index is -2.16. The number of rotatable bonds is 10. The molecule has 0 aliphatic carbocycles. The Morgan fingerprint density at radius 3 is 1.93 bits per heavy atom. The average molecular weight is 609 g/mol. The molecule has 0 saturated carbocycles. The van der Waals surface area contributed by atoms with Gasteiger partial charge in [0.1, 0.15) is 11.4 Å². The molecule has 9 nitrogen and oxygen atoms in total. The molecule has 1 aromatic rings. The summed E-state index contributed by atoms with van der Waals surface area (Å²) in [6, 6.07) is 3.21. The molecular weight excluding hydrogens is 555 g/mol. The Morgan fingerprint density at radius 2 is 1.46 bits per heavy atom. The summed E-state index contributed by atoms with van der Waals surface area (Å²) in [7, 11) is -3.75. The molecule has 12 heteroatoms. The maximum absolute atomic E-state index is 13.3. The Morgan fingerprint density at radius 1 is 0.951 bits per heavy atom. The van der Waals surface area contributed by atoms with Crippen LogP contribution in [0.15, 0.2) is 12.1 Å². The monoisotopic (exact) mass is 608 g/mol. The van der Waals surface area contributed by atoms with E-state index in [2.05, 4.69) is 78.0 Å². The topological polar surface area (TPSA) is 105 Å². The van der Waals surface area contributed by atoms with E-state index in [1.165, 1.54) is 7.11 Å². The lowest BCUT2D eigenvalue weighted by Gasteiger charge is -2.41. The molecule has 0 bridgehead atoms. The molecule has 1 atom stereocenters. The van der Waals surface area contributed by atoms with Crippen LogP contribution in [0.1, 0.15) is 90.2 Å². The largest absolute Gasteiger partial charge is 0.497 e. The second kappa shape index (κ2) is 12.2. The van der Waals surface area contributed by atoms with Gasteiger partial charge >= 0.3 is 13.1 Å². The Balaban J connectivity index is 2.29. The number of nitrogens with one attached hydrogen (secondary N) is 1. The van der Waals surface area contributed by atoms with E-state index in [0.717, 1.165) is 0 Å². The summed E-state index contributed by atoms with van der Waals surface area (Å²) < 4.78 is 30.4. The number of hydrogen-bond donors (Lipinski definition) is 1. The highest BCUT2D eigenvalue weighted by molar-refractivity contribution is 6.74. The standard InChI is InChI=1S/C29H53BN2O7Si2/c1-26(2,3)40(12,13)36-19-20(37-41(14,15)27(4,5)6)18-31-24(33)22-17-16-21(23(32-22)25(34)35-11)30-38-28(7,8)29(9,10)39-30/h16-17,20H,18-19H2,1-15H3,(H,31,33)/t20-/m0/s1. The maximum atomic E-state index is 13.3. The summed E-state index contributed by atoms with van der Waals surface area (Å²) >= 11 is 0. The van der Waals surface area contributed by atoms with E-state index in [9.17, 15) is 9.59 Å². The number of ether oxygens (including phenoxy) is 1. The van der Waals surface area contributed by atoms with Gasteiger partial charge in [0.25, 0.3) is 5.91 Å². The summed E-state index contributed by atoms with van der Waals surface area (Å²) in [6.07, 6.45) is -0.335. The minimum Gasteiger partial charge on any atom is -0.464 e. The second-order valence-corrected chi connectivity index (χ2v) is 24.6. The summed E-state index contributed by atoms with van der Waals surface area (Å²) in [5.74, 6) is -1.10. The van der Waals surface area contributed by atoms with Crippen molar-refractivity contribution in [2.24, 2.45) is 0 Å². The smallest absolute Gasteiger partial charge is 0.464 e. The van der Waals surface area contributed by atoms with Gasteiger partial charge in [-0.2, -0.15) is 0 Å². The normalized spacial score (nSPS) is 18.3. The predicted octanol–water partition coefficient (Wildman–Crippen LogP) is 5.31. The summed E-state index contributed by atoms with van der Waals surface area (Å²) in [6.45, 7) is 30.3. The van der Waals surface area contributed by atoms with Gasteiger partial charge in [-0.3, -0.25) is 4.79 Å². The molecule has 0 unspecified atom stereocenters. The summed E-state index contributed by atoms with van der Waals surface area (Å²) in [5.41, 5.74) is -0.732. The number of carbonyl (C=O) groups is 2. The van der Waals surface area contributed by atoms with Gasteiger partial charge < -0.3 is 28.2 Å². The molecule has 2 heterocycles. The van der Waals surface area contributed by atoms with E-state index in [4.69, 9.17) is 22.9 Å². The van der Waals surface area contributed by atoms with E-state index in [-0.39, 0.29) is 34.1 Å². The summed E-state index contributed by atoms with van der Waals surface area (Å²) in [4.78, 5) is 30.4. The number of nitrogens with zero attached hydrogens (tertiary/aromatic N) is 1. The average Bonchev–Trinajstić information content (AvgIpc) is 3.04. The Hall–Kier alpha value is -1.57. The first kappa shape index (κ1) is 35.6. The van der Waals surface area contributed by atoms with Gasteiger partial charge in [-0.1, -0.05) is 47.6 Å². The lowest BCUT2D eigenvalue weighted by Crippen LogP contribution is -2.50. The molecule has 0 radical (unpaired) electrons. The van der Waals surface area contributed by atoms with E-state index in [0.29, 0.717) is 12.1 Å². The van der Waals surface area contributed by atoms with Crippen molar-refractivity contribution in [1.29, 1.82) is 0 Å². The van der Waals surface area contributed by atoms with Crippen molar-refractivity contribution in [3.05, 3.63) is 23.5 Å². The molecule has 1 fully saturated rings. The summed E-state index contributed by atoms with van der Waals surface area (Å²) in [5, 5.41) is 3.00. The van der Waals surface area contributed by atoms with Crippen LogP contribution in [-0.2, 0) is 22.9 Å². The van der Waals surface area contributed by atoms with Crippen LogP contribution < -0.4 is 10.8 Å². The first-order valence-electron chi connectivity index (χ1n) is 14.4. The lowest BCUT2D eigenvalue weighted by molar-refractivity contribution is 0.00578. The van der Waals surface area contributed by atoms with Gasteiger partial charge in [0, 0.05) is 12.0 Å². The fraction of sp³-hybridized carbons (Fsp3) is 0.759. The first-order chi connectivity index (χ1) is 18.4.